The molecule has 40 valence electrons. The normalized spacial score (nSPS) is 14.5. The molecule has 1 aromatic heterocycles. The fraction of sp³-hybridized carbons (Fsp3) is 0.167. The molecule has 8 heavy (non-hydrogen) atoms. The van der Waals surface area contributed by atoms with Crippen molar-refractivity contribution in [1.29, 1.82) is 0 Å². The van der Waals surface area contributed by atoms with Crippen molar-refractivity contribution in [2.45, 2.75) is 6.54 Å². The first-order chi connectivity index (χ1) is 3.97. The molecule has 2 rings (SSSR count). The Bertz CT molecular complexity index is 224. The minimum absolute atomic E-state index is 0.797. The molecule has 2 heteroatoms. The Kier molecular flexibility index (Phi) is 0.592. The predicted octanol–water partition coefficient (Wildman–Crippen LogP) is 1.21. The molecule has 0 spiro atoms. The van der Waals surface area contributed by atoms with Crippen LogP contribution >= 0.6 is 0 Å². The van der Waals surface area contributed by atoms with Crippen LogP contribution in [0.4, 0.5) is 0 Å². The van der Waals surface area contributed by atoms with Gasteiger partial charge in [-0.3, -0.25) is 4.99 Å². The molecule has 1 aliphatic heterocycles. The number of rotatable bonds is 0. The van der Waals surface area contributed by atoms with Gasteiger partial charge in [-0.05, 0) is 0 Å². The lowest BCUT2D eigenvalue weighted by Gasteiger charge is -1.75. The molecule has 0 bridgehead atoms. The molecular formula is C6H5NO. The van der Waals surface area contributed by atoms with Crippen molar-refractivity contribution < 1.29 is 4.42 Å². The number of furan rings is 1. The number of hydrogen-bond donors (Lipinski definition) is 0. The van der Waals surface area contributed by atoms with Crippen LogP contribution in [0.2, 0.25) is 0 Å². The molecule has 2 nitrogen and oxygen atoms in total. The van der Waals surface area contributed by atoms with Gasteiger partial charge in [-0.25, -0.2) is 0 Å². The minimum Gasteiger partial charge on any atom is -0.472 e. The Hall–Kier alpha value is -1.05. The average molecular weight is 107 g/mol. The SMILES string of the molecule is C1=NCc2cocc21. The maximum Gasteiger partial charge on any atom is 0.0993 e. The van der Waals surface area contributed by atoms with Crippen LogP contribution in [0, 0.1) is 0 Å². The highest BCUT2D eigenvalue weighted by Crippen LogP contribution is 2.13. The summed E-state index contributed by atoms with van der Waals surface area (Å²) in [5, 5.41) is 0. The van der Waals surface area contributed by atoms with Gasteiger partial charge in [-0.1, -0.05) is 0 Å². The smallest absolute Gasteiger partial charge is 0.0993 e. The van der Waals surface area contributed by atoms with E-state index in [9.17, 15) is 0 Å². The van der Waals surface area contributed by atoms with Gasteiger partial charge in [0.2, 0.25) is 0 Å². The third-order valence-corrected chi connectivity index (χ3v) is 1.27. The van der Waals surface area contributed by atoms with Crippen molar-refractivity contribution in [2.24, 2.45) is 4.99 Å². The zero-order valence-corrected chi connectivity index (χ0v) is 4.29. The Balaban J connectivity index is 2.67. The van der Waals surface area contributed by atoms with Crippen LogP contribution in [0.25, 0.3) is 0 Å². The van der Waals surface area contributed by atoms with Crippen LogP contribution in [0.1, 0.15) is 11.1 Å². The zero-order valence-electron chi connectivity index (χ0n) is 4.29. The molecule has 1 aromatic rings. The third-order valence-electron chi connectivity index (χ3n) is 1.27. The number of fused-ring (bicyclic) bond motifs is 1. The Morgan fingerprint density at radius 2 is 2.50 bits per heavy atom. The van der Waals surface area contributed by atoms with E-state index in [0.717, 1.165) is 12.1 Å². The average Bonchev–Trinajstić information content (AvgIpc) is 2.15. The molecule has 0 unspecified atom stereocenters. The zero-order chi connectivity index (χ0) is 5.40. The molecule has 2 heterocycles. The molecule has 0 atom stereocenters. The van der Waals surface area contributed by atoms with Gasteiger partial charge in [0.1, 0.15) is 0 Å². The molecule has 0 radical (unpaired) electrons. The van der Waals surface area contributed by atoms with Gasteiger partial charge in [-0.15, -0.1) is 0 Å². The van der Waals surface area contributed by atoms with E-state index in [1.54, 1.807) is 12.5 Å². The second-order valence-electron chi connectivity index (χ2n) is 1.82. The second-order valence-corrected chi connectivity index (χ2v) is 1.82. The van der Waals surface area contributed by atoms with E-state index in [-0.39, 0.29) is 0 Å². The molecule has 0 N–H and O–H groups in total. The summed E-state index contributed by atoms with van der Waals surface area (Å²) in [4.78, 5) is 4.03. The van der Waals surface area contributed by atoms with E-state index in [4.69, 9.17) is 4.42 Å². The van der Waals surface area contributed by atoms with Crippen LogP contribution in [-0.2, 0) is 6.54 Å². The highest BCUT2D eigenvalue weighted by Gasteiger charge is 2.05. The van der Waals surface area contributed by atoms with E-state index in [1.165, 1.54) is 5.56 Å². The first kappa shape index (κ1) is 3.89. The highest BCUT2D eigenvalue weighted by molar-refractivity contribution is 5.83. The number of aliphatic imine (C=N–C) groups is 1. The number of hydrogen-bond acceptors (Lipinski definition) is 2. The van der Waals surface area contributed by atoms with Gasteiger partial charge in [0.15, 0.2) is 0 Å². The van der Waals surface area contributed by atoms with Crippen molar-refractivity contribution in [1.82, 2.24) is 0 Å². The second kappa shape index (κ2) is 1.22. The van der Waals surface area contributed by atoms with E-state index in [2.05, 4.69) is 4.99 Å². The van der Waals surface area contributed by atoms with Crippen molar-refractivity contribution in [3.8, 4) is 0 Å². The first-order valence-electron chi connectivity index (χ1n) is 2.52. The third kappa shape index (κ3) is 0.346. The van der Waals surface area contributed by atoms with Gasteiger partial charge in [0.25, 0.3) is 0 Å². The summed E-state index contributed by atoms with van der Waals surface area (Å²) in [6, 6.07) is 0. The van der Waals surface area contributed by atoms with Gasteiger partial charge < -0.3 is 4.42 Å². The summed E-state index contributed by atoms with van der Waals surface area (Å²) in [7, 11) is 0. The topological polar surface area (TPSA) is 25.5 Å². The Morgan fingerprint density at radius 3 is 3.38 bits per heavy atom. The molecule has 0 saturated carbocycles. The largest absolute Gasteiger partial charge is 0.472 e. The fourth-order valence-corrected chi connectivity index (χ4v) is 0.817. The molecule has 1 aliphatic rings. The summed E-state index contributed by atoms with van der Waals surface area (Å²) in [5.74, 6) is 0. The highest BCUT2D eigenvalue weighted by atomic mass is 16.3. The number of nitrogens with zero attached hydrogens (tertiary/aromatic N) is 1. The van der Waals surface area contributed by atoms with Crippen molar-refractivity contribution in [3.05, 3.63) is 23.7 Å². The maximum absolute atomic E-state index is 4.90. The Labute approximate surface area is 46.8 Å². The molecule has 0 aromatic carbocycles. The summed E-state index contributed by atoms with van der Waals surface area (Å²) in [6.45, 7) is 0.797. The summed E-state index contributed by atoms with van der Waals surface area (Å²) in [5.41, 5.74) is 2.33. The molecular weight excluding hydrogens is 102 g/mol. The van der Waals surface area contributed by atoms with E-state index >= 15 is 0 Å². The molecule has 0 fully saturated rings. The summed E-state index contributed by atoms with van der Waals surface area (Å²) in [6.07, 6.45) is 5.28. The monoisotopic (exact) mass is 107 g/mol. The van der Waals surface area contributed by atoms with Crippen molar-refractivity contribution in [3.63, 3.8) is 0 Å². The van der Waals surface area contributed by atoms with Crippen molar-refractivity contribution in [2.75, 3.05) is 0 Å². The molecule has 0 amide bonds. The van der Waals surface area contributed by atoms with Crippen LogP contribution in [0.3, 0.4) is 0 Å². The quantitative estimate of drug-likeness (QED) is 0.489. The predicted molar refractivity (Wildman–Crippen MR) is 30.0 cm³/mol. The van der Waals surface area contributed by atoms with Crippen LogP contribution < -0.4 is 0 Å². The molecule has 0 saturated heterocycles. The maximum atomic E-state index is 4.90. The summed E-state index contributed by atoms with van der Waals surface area (Å²) >= 11 is 0. The van der Waals surface area contributed by atoms with Crippen LogP contribution in [0.5, 0.6) is 0 Å². The van der Waals surface area contributed by atoms with Gasteiger partial charge in [0.05, 0.1) is 19.1 Å². The van der Waals surface area contributed by atoms with Crippen molar-refractivity contribution >= 4 is 6.21 Å². The van der Waals surface area contributed by atoms with E-state index in [0.29, 0.717) is 0 Å². The standard InChI is InChI=1S/C6H5NO/c1-5-3-8-4-6(5)2-7-1/h1,3-4H,2H2. The lowest BCUT2D eigenvalue weighted by Crippen LogP contribution is -1.70. The van der Waals surface area contributed by atoms with E-state index < -0.39 is 0 Å². The summed E-state index contributed by atoms with van der Waals surface area (Å²) < 4.78 is 4.90. The van der Waals surface area contributed by atoms with Gasteiger partial charge >= 0.3 is 0 Å². The Morgan fingerprint density at radius 1 is 1.50 bits per heavy atom. The minimum atomic E-state index is 0.797. The van der Waals surface area contributed by atoms with Gasteiger partial charge in [-0.2, -0.15) is 0 Å². The first-order valence-corrected chi connectivity index (χ1v) is 2.52. The van der Waals surface area contributed by atoms with Crippen LogP contribution in [-0.4, -0.2) is 6.21 Å². The lowest BCUT2D eigenvalue weighted by molar-refractivity contribution is 0.563. The van der Waals surface area contributed by atoms with E-state index in [1.807, 2.05) is 6.21 Å². The van der Waals surface area contributed by atoms with Gasteiger partial charge in [0, 0.05) is 17.3 Å². The molecule has 0 aliphatic carbocycles. The lowest BCUT2D eigenvalue weighted by atomic mass is 10.2. The fourth-order valence-electron chi connectivity index (χ4n) is 0.817. The van der Waals surface area contributed by atoms with Crippen LogP contribution in [0.15, 0.2) is 21.9 Å².